The molecule has 1 heterocycles. The molecule has 0 spiro atoms. The van der Waals surface area contributed by atoms with E-state index in [0.717, 1.165) is 5.92 Å². The van der Waals surface area contributed by atoms with Crippen molar-refractivity contribution in [3.8, 4) is 0 Å². The van der Waals surface area contributed by atoms with Crippen LogP contribution in [0.3, 0.4) is 0 Å². The second-order valence-electron chi connectivity index (χ2n) is 4.74. The van der Waals surface area contributed by atoms with E-state index in [1.54, 1.807) is 0 Å². The zero-order chi connectivity index (χ0) is 7.73. The molecule has 0 radical (unpaired) electrons. The molecule has 0 amide bonds. The molecule has 0 aromatic rings. The fourth-order valence-corrected chi connectivity index (χ4v) is 2.31. The predicted molar refractivity (Wildman–Crippen MR) is 47.6 cm³/mol. The largest absolute Gasteiger partial charge is 0.316 e. The zero-order valence-electron chi connectivity index (χ0n) is 7.53. The lowest BCUT2D eigenvalue weighted by molar-refractivity contribution is 0.207. The van der Waals surface area contributed by atoms with Crippen molar-refractivity contribution in [1.82, 2.24) is 5.32 Å². The molecule has 64 valence electrons. The molecule has 11 heavy (non-hydrogen) atoms. The summed E-state index contributed by atoms with van der Waals surface area (Å²) in [5, 5.41) is 3.51. The van der Waals surface area contributed by atoms with Gasteiger partial charge in [-0.05, 0) is 37.1 Å². The Morgan fingerprint density at radius 3 is 2.82 bits per heavy atom. The lowest BCUT2D eigenvalue weighted by Gasteiger charge is -2.34. The first-order valence-corrected chi connectivity index (χ1v) is 4.99. The van der Waals surface area contributed by atoms with Gasteiger partial charge in [0.25, 0.3) is 0 Å². The van der Waals surface area contributed by atoms with E-state index in [1.165, 1.54) is 45.2 Å². The minimum atomic E-state index is 0.652. The summed E-state index contributed by atoms with van der Waals surface area (Å²) < 4.78 is 0. The minimum absolute atomic E-state index is 0.652. The van der Waals surface area contributed by atoms with Gasteiger partial charge in [0.05, 0.1) is 0 Å². The molecule has 2 aliphatic rings. The van der Waals surface area contributed by atoms with E-state index in [4.69, 9.17) is 0 Å². The summed E-state index contributed by atoms with van der Waals surface area (Å²) in [6, 6.07) is 0. The smallest absolute Gasteiger partial charge is 0.000527 e. The molecule has 1 N–H and O–H groups in total. The van der Waals surface area contributed by atoms with Crippen LogP contribution >= 0.6 is 0 Å². The normalized spacial score (nSPS) is 39.0. The topological polar surface area (TPSA) is 12.0 Å². The van der Waals surface area contributed by atoms with Gasteiger partial charge in [-0.2, -0.15) is 0 Å². The third kappa shape index (κ3) is 1.96. The molecule has 2 rings (SSSR count). The van der Waals surface area contributed by atoms with Crippen molar-refractivity contribution in [1.29, 1.82) is 0 Å². The van der Waals surface area contributed by atoms with Crippen molar-refractivity contribution < 1.29 is 0 Å². The summed E-state index contributed by atoms with van der Waals surface area (Å²) in [5.41, 5.74) is 0.652. The third-order valence-electron chi connectivity index (χ3n) is 3.16. The Balaban J connectivity index is 1.84. The Morgan fingerprint density at radius 1 is 1.45 bits per heavy atom. The molecule has 1 nitrogen and oxygen atoms in total. The average molecular weight is 153 g/mol. The van der Waals surface area contributed by atoms with E-state index in [-0.39, 0.29) is 0 Å². The molecule has 1 unspecified atom stereocenters. The Morgan fingerprint density at radius 2 is 2.27 bits per heavy atom. The highest BCUT2D eigenvalue weighted by atomic mass is 14.9. The third-order valence-corrected chi connectivity index (χ3v) is 3.16. The summed E-state index contributed by atoms with van der Waals surface area (Å²) in [5.74, 6) is 1.10. The molecule has 0 aromatic carbocycles. The van der Waals surface area contributed by atoms with Crippen LogP contribution in [0.1, 0.15) is 39.0 Å². The van der Waals surface area contributed by atoms with Crippen molar-refractivity contribution in [2.75, 3.05) is 13.1 Å². The number of piperidine rings is 1. The molecule has 1 aliphatic carbocycles. The monoisotopic (exact) mass is 153 g/mol. The van der Waals surface area contributed by atoms with E-state index < -0.39 is 0 Å². The Hall–Kier alpha value is -0.0400. The molecule has 1 atom stereocenters. The van der Waals surface area contributed by atoms with E-state index >= 15 is 0 Å². The van der Waals surface area contributed by atoms with Gasteiger partial charge in [-0.25, -0.2) is 0 Å². The number of hydrogen-bond acceptors (Lipinski definition) is 1. The Bertz CT molecular complexity index is 132. The van der Waals surface area contributed by atoms with E-state index in [2.05, 4.69) is 12.2 Å². The first-order valence-electron chi connectivity index (χ1n) is 4.99. The van der Waals surface area contributed by atoms with Crippen molar-refractivity contribution >= 4 is 0 Å². The van der Waals surface area contributed by atoms with Crippen LogP contribution in [0.4, 0.5) is 0 Å². The van der Waals surface area contributed by atoms with Crippen LogP contribution in [0.2, 0.25) is 0 Å². The Labute approximate surface area is 69.6 Å². The van der Waals surface area contributed by atoms with Gasteiger partial charge in [0.1, 0.15) is 0 Å². The van der Waals surface area contributed by atoms with Crippen LogP contribution in [0, 0.1) is 11.3 Å². The minimum Gasteiger partial charge on any atom is -0.316 e. The van der Waals surface area contributed by atoms with Crippen LogP contribution < -0.4 is 5.32 Å². The molecule has 1 heteroatoms. The first-order chi connectivity index (χ1) is 5.29. The number of nitrogens with one attached hydrogen (secondary N) is 1. The van der Waals surface area contributed by atoms with Gasteiger partial charge in [0.2, 0.25) is 0 Å². The molecule has 0 bridgehead atoms. The van der Waals surface area contributed by atoms with Gasteiger partial charge >= 0.3 is 0 Å². The van der Waals surface area contributed by atoms with Crippen LogP contribution in [-0.4, -0.2) is 13.1 Å². The predicted octanol–water partition coefficient (Wildman–Crippen LogP) is 2.18. The maximum absolute atomic E-state index is 3.51. The van der Waals surface area contributed by atoms with Gasteiger partial charge in [-0.3, -0.25) is 0 Å². The van der Waals surface area contributed by atoms with Crippen molar-refractivity contribution in [2.24, 2.45) is 11.3 Å². The van der Waals surface area contributed by atoms with Crippen molar-refractivity contribution in [2.45, 2.75) is 39.0 Å². The molecular weight excluding hydrogens is 134 g/mol. The molecular formula is C10H19N. The SMILES string of the molecule is CC1(CC2CC2)CCCNC1. The summed E-state index contributed by atoms with van der Waals surface area (Å²) in [6.45, 7) is 4.97. The fraction of sp³-hybridized carbons (Fsp3) is 1.00. The van der Waals surface area contributed by atoms with Gasteiger partial charge < -0.3 is 5.32 Å². The molecule has 0 aromatic heterocycles. The second-order valence-corrected chi connectivity index (χ2v) is 4.74. The molecule has 1 aliphatic heterocycles. The van der Waals surface area contributed by atoms with E-state index in [1.807, 2.05) is 0 Å². The van der Waals surface area contributed by atoms with Crippen LogP contribution in [0.15, 0.2) is 0 Å². The lowest BCUT2D eigenvalue weighted by atomic mass is 9.78. The summed E-state index contributed by atoms with van der Waals surface area (Å²) in [4.78, 5) is 0. The van der Waals surface area contributed by atoms with Crippen molar-refractivity contribution in [3.05, 3.63) is 0 Å². The maximum atomic E-state index is 3.51. The van der Waals surface area contributed by atoms with Gasteiger partial charge in [0, 0.05) is 6.54 Å². The van der Waals surface area contributed by atoms with E-state index in [0.29, 0.717) is 5.41 Å². The second kappa shape index (κ2) is 2.78. The highest BCUT2D eigenvalue weighted by Crippen LogP contribution is 2.42. The summed E-state index contributed by atoms with van der Waals surface area (Å²) in [7, 11) is 0. The first kappa shape index (κ1) is 7.60. The van der Waals surface area contributed by atoms with Gasteiger partial charge in [0.15, 0.2) is 0 Å². The standard InChI is InChI=1S/C10H19N/c1-10(7-9-3-4-9)5-2-6-11-8-10/h9,11H,2-8H2,1H3. The van der Waals surface area contributed by atoms with Crippen LogP contribution in [0.25, 0.3) is 0 Å². The Kier molecular flexibility index (Phi) is 1.92. The summed E-state index contributed by atoms with van der Waals surface area (Å²) >= 11 is 0. The fourth-order valence-electron chi connectivity index (χ4n) is 2.31. The summed E-state index contributed by atoms with van der Waals surface area (Å²) in [6.07, 6.45) is 7.35. The number of rotatable bonds is 2. The number of hydrogen-bond donors (Lipinski definition) is 1. The molecule has 1 saturated heterocycles. The average Bonchev–Trinajstić information content (AvgIpc) is 2.72. The van der Waals surface area contributed by atoms with E-state index in [9.17, 15) is 0 Å². The maximum Gasteiger partial charge on any atom is 0.000527 e. The quantitative estimate of drug-likeness (QED) is 0.641. The van der Waals surface area contributed by atoms with Crippen LogP contribution in [0.5, 0.6) is 0 Å². The van der Waals surface area contributed by atoms with Gasteiger partial charge in [-0.1, -0.05) is 19.8 Å². The lowest BCUT2D eigenvalue weighted by Crippen LogP contribution is -2.38. The highest BCUT2D eigenvalue weighted by Gasteiger charge is 2.33. The highest BCUT2D eigenvalue weighted by molar-refractivity contribution is 4.87. The molecule has 1 saturated carbocycles. The van der Waals surface area contributed by atoms with Crippen molar-refractivity contribution in [3.63, 3.8) is 0 Å². The zero-order valence-corrected chi connectivity index (χ0v) is 7.53. The van der Waals surface area contributed by atoms with Crippen LogP contribution in [-0.2, 0) is 0 Å². The molecule has 2 fully saturated rings. The van der Waals surface area contributed by atoms with Gasteiger partial charge in [-0.15, -0.1) is 0 Å².